The van der Waals surface area contributed by atoms with Gasteiger partial charge in [0.1, 0.15) is 17.2 Å². The van der Waals surface area contributed by atoms with Crippen molar-refractivity contribution in [2.24, 2.45) is 0 Å². The molecule has 0 unspecified atom stereocenters. The number of nitrogens with zero attached hydrogens (tertiary/aromatic N) is 5. The van der Waals surface area contributed by atoms with Crippen LogP contribution in [0.2, 0.25) is 0 Å². The summed E-state index contributed by atoms with van der Waals surface area (Å²) in [6.07, 6.45) is 1.78. The van der Waals surface area contributed by atoms with Crippen molar-refractivity contribution < 1.29 is 9.90 Å². The van der Waals surface area contributed by atoms with Crippen LogP contribution in [-0.4, -0.2) is 37.7 Å². The number of aromatic nitrogens is 4. The number of carbonyl (C=O) groups is 1. The summed E-state index contributed by atoms with van der Waals surface area (Å²) in [4.78, 5) is 20.2. The summed E-state index contributed by atoms with van der Waals surface area (Å²) in [7, 11) is 1.77. The van der Waals surface area contributed by atoms with Crippen molar-refractivity contribution in [3.05, 3.63) is 65.6 Å². The lowest BCUT2D eigenvalue weighted by Crippen LogP contribution is -2.02. The molecule has 0 fully saturated rings. The van der Waals surface area contributed by atoms with E-state index in [1.165, 1.54) is 6.07 Å². The first-order valence-corrected chi connectivity index (χ1v) is 8.80. The molecule has 0 amide bonds. The van der Waals surface area contributed by atoms with Crippen LogP contribution in [-0.2, 0) is 0 Å². The number of nitriles is 1. The van der Waals surface area contributed by atoms with Gasteiger partial charge in [0, 0.05) is 24.5 Å². The number of carboxylic acid groups (broad SMARTS) is 1. The van der Waals surface area contributed by atoms with Crippen LogP contribution in [0.15, 0.2) is 48.7 Å². The molecule has 0 bridgehead atoms. The quantitative estimate of drug-likeness (QED) is 0.554. The lowest BCUT2D eigenvalue weighted by molar-refractivity contribution is 0.0690. The molecule has 3 aromatic heterocycles. The summed E-state index contributed by atoms with van der Waals surface area (Å²) in [6, 6.07) is 14.3. The van der Waals surface area contributed by atoms with Crippen molar-refractivity contribution >= 4 is 17.4 Å². The van der Waals surface area contributed by atoms with Gasteiger partial charge in [0.15, 0.2) is 5.65 Å². The minimum absolute atomic E-state index is 0.0548. The molecule has 2 N–H and O–H groups in total. The third-order valence-electron chi connectivity index (χ3n) is 4.47. The average molecular weight is 384 g/mol. The lowest BCUT2D eigenvalue weighted by Gasteiger charge is -2.07. The molecule has 3 heterocycles. The predicted molar refractivity (Wildman–Crippen MR) is 108 cm³/mol. The highest BCUT2D eigenvalue weighted by molar-refractivity contribution is 5.94. The number of hydrogen-bond acceptors (Lipinski definition) is 6. The molecule has 1 aromatic carbocycles. The molecular formula is C21H16N6O2. The van der Waals surface area contributed by atoms with Gasteiger partial charge in [-0.3, -0.25) is 0 Å². The fraction of sp³-hybridized carbons (Fsp3) is 0.0952. The van der Waals surface area contributed by atoms with Crippen LogP contribution in [0, 0.1) is 18.3 Å². The number of nitrogens with one attached hydrogen (secondary N) is 1. The van der Waals surface area contributed by atoms with Gasteiger partial charge in [0.25, 0.3) is 0 Å². The third-order valence-corrected chi connectivity index (χ3v) is 4.47. The Morgan fingerprint density at radius 2 is 2.00 bits per heavy atom. The van der Waals surface area contributed by atoms with E-state index in [1.54, 1.807) is 55.0 Å². The van der Waals surface area contributed by atoms with Crippen LogP contribution in [0.5, 0.6) is 0 Å². The minimum atomic E-state index is -1.11. The van der Waals surface area contributed by atoms with Crippen molar-refractivity contribution in [3.63, 3.8) is 0 Å². The van der Waals surface area contributed by atoms with Crippen LogP contribution >= 0.6 is 0 Å². The van der Waals surface area contributed by atoms with Gasteiger partial charge in [0.2, 0.25) is 0 Å². The first kappa shape index (κ1) is 18.1. The Bertz CT molecular complexity index is 1300. The molecule has 29 heavy (non-hydrogen) atoms. The maximum Gasteiger partial charge on any atom is 0.354 e. The van der Waals surface area contributed by atoms with E-state index in [0.717, 1.165) is 5.56 Å². The molecule has 0 saturated carbocycles. The molecule has 8 nitrogen and oxygen atoms in total. The first-order chi connectivity index (χ1) is 14.0. The fourth-order valence-corrected chi connectivity index (χ4v) is 3.19. The third kappa shape index (κ3) is 3.26. The smallest absolute Gasteiger partial charge is 0.354 e. The zero-order valence-corrected chi connectivity index (χ0v) is 15.7. The Hall–Kier alpha value is -4.25. The van der Waals surface area contributed by atoms with Crippen molar-refractivity contribution in [3.8, 4) is 28.5 Å². The van der Waals surface area contributed by atoms with Crippen LogP contribution in [0.3, 0.4) is 0 Å². The number of fused-ring (bicyclic) bond motifs is 1. The second-order valence-corrected chi connectivity index (χ2v) is 6.43. The molecule has 0 aliphatic carbocycles. The summed E-state index contributed by atoms with van der Waals surface area (Å²) in [5.41, 5.74) is 4.24. The Morgan fingerprint density at radius 1 is 1.17 bits per heavy atom. The zero-order valence-electron chi connectivity index (χ0n) is 15.7. The van der Waals surface area contributed by atoms with E-state index in [2.05, 4.69) is 26.5 Å². The van der Waals surface area contributed by atoms with Crippen molar-refractivity contribution in [1.82, 2.24) is 19.6 Å². The molecule has 0 atom stereocenters. The number of aryl methyl sites for hydroxylation is 1. The molecule has 142 valence electrons. The lowest BCUT2D eigenvalue weighted by atomic mass is 9.99. The number of rotatable bonds is 4. The van der Waals surface area contributed by atoms with E-state index >= 15 is 0 Å². The molecule has 8 heteroatoms. The maximum atomic E-state index is 11.5. The van der Waals surface area contributed by atoms with E-state index in [0.29, 0.717) is 39.5 Å². The molecule has 0 aliphatic heterocycles. The predicted octanol–water partition coefficient (Wildman–Crippen LogP) is 3.38. The van der Waals surface area contributed by atoms with Gasteiger partial charge >= 0.3 is 5.97 Å². The monoisotopic (exact) mass is 384 g/mol. The van der Waals surface area contributed by atoms with Gasteiger partial charge in [-0.1, -0.05) is 12.1 Å². The van der Waals surface area contributed by atoms with E-state index < -0.39 is 5.97 Å². The number of pyridine rings is 1. The normalized spacial score (nSPS) is 10.7. The van der Waals surface area contributed by atoms with Gasteiger partial charge in [0.05, 0.1) is 17.2 Å². The second-order valence-electron chi connectivity index (χ2n) is 6.43. The highest BCUT2D eigenvalue weighted by Crippen LogP contribution is 2.35. The standard InChI is InChI=1S/C21H16N6O2/c1-12-8-15(10-16(24-12)21(28)29)18-19(14-5-3-4-13(9-14)11-22)26-27-7-6-17(23-2)25-20(18)27/h3-10H,1-2H3,(H,23,25)(H,28,29). The van der Waals surface area contributed by atoms with E-state index in [4.69, 9.17) is 0 Å². The Balaban J connectivity index is 2.07. The van der Waals surface area contributed by atoms with Crippen molar-refractivity contribution in [2.75, 3.05) is 12.4 Å². The molecule has 0 saturated heterocycles. The SMILES string of the molecule is CNc1ccn2nc(-c3cccc(C#N)c3)c(-c3cc(C)nc(C(=O)O)c3)c2n1. The Kier molecular flexibility index (Phi) is 4.41. The summed E-state index contributed by atoms with van der Waals surface area (Å²) in [5, 5.41) is 26.4. The number of benzene rings is 1. The number of anilines is 1. The highest BCUT2D eigenvalue weighted by atomic mass is 16.4. The topological polar surface area (TPSA) is 116 Å². The molecule has 4 aromatic rings. The molecule has 0 aliphatic rings. The average Bonchev–Trinajstić information content (AvgIpc) is 3.12. The van der Waals surface area contributed by atoms with E-state index in [-0.39, 0.29) is 5.69 Å². The van der Waals surface area contributed by atoms with Gasteiger partial charge in [-0.2, -0.15) is 10.4 Å². The van der Waals surface area contributed by atoms with Crippen molar-refractivity contribution in [1.29, 1.82) is 5.26 Å². The van der Waals surface area contributed by atoms with Crippen molar-refractivity contribution in [2.45, 2.75) is 6.92 Å². The summed E-state index contributed by atoms with van der Waals surface area (Å²) < 4.78 is 1.64. The zero-order chi connectivity index (χ0) is 20.5. The first-order valence-electron chi connectivity index (χ1n) is 8.80. The number of hydrogen-bond donors (Lipinski definition) is 2. The van der Waals surface area contributed by atoms with Gasteiger partial charge < -0.3 is 10.4 Å². The number of aromatic carboxylic acids is 1. The summed E-state index contributed by atoms with van der Waals surface area (Å²) in [5.74, 6) is -0.455. The second kappa shape index (κ2) is 7.05. The fourth-order valence-electron chi connectivity index (χ4n) is 3.19. The summed E-state index contributed by atoms with van der Waals surface area (Å²) in [6.45, 7) is 1.74. The highest BCUT2D eigenvalue weighted by Gasteiger charge is 2.20. The summed E-state index contributed by atoms with van der Waals surface area (Å²) >= 11 is 0. The van der Waals surface area contributed by atoms with Gasteiger partial charge in [-0.15, -0.1) is 0 Å². The molecular weight excluding hydrogens is 368 g/mol. The van der Waals surface area contributed by atoms with Crippen LogP contribution in [0.25, 0.3) is 28.0 Å². The van der Waals surface area contributed by atoms with E-state index in [9.17, 15) is 15.2 Å². The Labute approximate surface area is 166 Å². The van der Waals surface area contributed by atoms with Crippen LogP contribution in [0.4, 0.5) is 5.82 Å². The van der Waals surface area contributed by atoms with Crippen LogP contribution < -0.4 is 5.32 Å². The molecule has 0 radical (unpaired) electrons. The Morgan fingerprint density at radius 3 is 2.72 bits per heavy atom. The maximum absolute atomic E-state index is 11.5. The van der Waals surface area contributed by atoms with Crippen LogP contribution in [0.1, 0.15) is 21.7 Å². The van der Waals surface area contributed by atoms with Gasteiger partial charge in [-0.25, -0.2) is 19.3 Å². The van der Waals surface area contributed by atoms with Gasteiger partial charge in [-0.05, 0) is 42.8 Å². The largest absolute Gasteiger partial charge is 0.477 e. The minimum Gasteiger partial charge on any atom is -0.477 e. The molecule has 4 rings (SSSR count). The number of carboxylic acids is 1. The molecule has 0 spiro atoms. The van der Waals surface area contributed by atoms with E-state index in [1.807, 2.05) is 6.07 Å².